The fourth-order valence-corrected chi connectivity index (χ4v) is 2.99. The molecule has 0 aliphatic heterocycles. The van der Waals surface area contributed by atoms with E-state index < -0.39 is 0 Å². The normalized spacial score (nSPS) is 24.1. The van der Waals surface area contributed by atoms with Crippen LogP contribution < -0.4 is 0 Å². The second-order valence-corrected chi connectivity index (χ2v) is 5.44. The topological polar surface area (TPSA) is 20.2 Å². The van der Waals surface area contributed by atoms with Crippen LogP contribution in [0, 0.1) is 44.6 Å². The predicted octanol–water partition coefficient (Wildman–Crippen LogP) is 1.82. The molecule has 56 valence electrons. The second kappa shape index (κ2) is 3.82. The molecule has 2 heteroatoms. The first-order valence-electron chi connectivity index (χ1n) is 4.15. The van der Waals surface area contributed by atoms with E-state index in [1.54, 1.807) is 0 Å². The molecule has 0 heterocycles. The van der Waals surface area contributed by atoms with Crippen LogP contribution in [0.2, 0.25) is 0 Å². The maximum atomic E-state index is 9.44. The van der Waals surface area contributed by atoms with Gasteiger partial charge in [-0.15, -0.1) is 0 Å². The van der Waals surface area contributed by atoms with Gasteiger partial charge in [-0.1, -0.05) is 0 Å². The Morgan fingerprint density at radius 1 is 1.60 bits per heavy atom. The van der Waals surface area contributed by atoms with Crippen molar-refractivity contribution in [2.75, 3.05) is 0 Å². The Kier molecular flexibility index (Phi) is 3.60. The van der Waals surface area contributed by atoms with Crippen molar-refractivity contribution >= 4 is 0 Å². The van der Waals surface area contributed by atoms with E-state index in [9.17, 15) is 5.11 Å². The monoisotopic (exact) mass is 268 g/mol. The minimum atomic E-state index is 0.0963. The maximum absolute atomic E-state index is 9.44. The van der Waals surface area contributed by atoms with Crippen LogP contribution in [0.25, 0.3) is 0 Å². The van der Waals surface area contributed by atoms with E-state index in [1.165, 1.54) is 32.1 Å². The van der Waals surface area contributed by atoms with E-state index in [0.29, 0.717) is 5.41 Å². The molecule has 0 bridgehead atoms. The van der Waals surface area contributed by atoms with E-state index >= 15 is 0 Å². The Morgan fingerprint density at radius 2 is 2.20 bits per heavy atom. The van der Waals surface area contributed by atoms with E-state index in [-0.39, 0.29) is 1.69 Å². The molecule has 1 fully saturated rings. The zero-order valence-electron chi connectivity index (χ0n) is 6.64. The molecular formula is C8H15OPr. The summed E-state index contributed by atoms with van der Waals surface area (Å²) in [6.45, 7) is 2.22. The third kappa shape index (κ3) is 2.15. The second-order valence-electron chi connectivity index (χ2n) is 3.41. The molecule has 0 aromatic heterocycles. The van der Waals surface area contributed by atoms with E-state index in [4.69, 9.17) is 0 Å². The molecule has 1 nitrogen and oxygen atoms in total. The molecule has 0 radical (unpaired) electrons. The van der Waals surface area contributed by atoms with Gasteiger partial charge in [0, 0.05) is 0 Å². The van der Waals surface area contributed by atoms with Gasteiger partial charge in [0.15, 0.2) is 0 Å². The summed E-state index contributed by atoms with van der Waals surface area (Å²) in [5, 5.41) is 9.44. The summed E-state index contributed by atoms with van der Waals surface area (Å²) < 4.78 is 0.0963. The van der Waals surface area contributed by atoms with Crippen molar-refractivity contribution in [1.29, 1.82) is 0 Å². The van der Waals surface area contributed by atoms with Crippen LogP contribution in [-0.4, -0.2) is 6.79 Å². The minimum absolute atomic E-state index is 0.0963. The fourth-order valence-electron chi connectivity index (χ4n) is 1.38. The fraction of sp³-hybridized carbons (Fsp3) is 1.00. The summed E-state index contributed by atoms with van der Waals surface area (Å²) in [6.07, 6.45) is 6.46. The number of hydrogen-bond acceptors (Lipinski definition) is 1. The zero-order valence-corrected chi connectivity index (χ0v) is 10.3. The number of aliphatic hydroxyl groups is 1. The molecule has 0 spiro atoms. The van der Waals surface area contributed by atoms with Gasteiger partial charge < -0.3 is 0 Å². The van der Waals surface area contributed by atoms with Gasteiger partial charge in [-0.05, 0) is 0 Å². The molecule has 1 saturated carbocycles. The van der Waals surface area contributed by atoms with E-state index in [2.05, 4.69) is 6.92 Å². The van der Waals surface area contributed by atoms with Gasteiger partial charge in [0.2, 0.25) is 0 Å². The molecule has 10 heavy (non-hydrogen) atoms. The summed E-state index contributed by atoms with van der Waals surface area (Å²) in [7, 11) is 0. The van der Waals surface area contributed by atoms with Crippen LogP contribution in [0.15, 0.2) is 0 Å². The summed E-state index contributed by atoms with van der Waals surface area (Å²) in [5.41, 5.74) is 0.431. The van der Waals surface area contributed by atoms with Gasteiger partial charge >= 0.3 is 90.4 Å². The summed E-state index contributed by atoms with van der Waals surface area (Å²) in [6, 6.07) is 0. The van der Waals surface area contributed by atoms with Gasteiger partial charge in [0.05, 0.1) is 0 Å². The van der Waals surface area contributed by atoms with Crippen molar-refractivity contribution in [3.8, 4) is 0 Å². The van der Waals surface area contributed by atoms with Gasteiger partial charge in [-0.25, -0.2) is 0 Å². The third-order valence-electron chi connectivity index (χ3n) is 2.55. The van der Waals surface area contributed by atoms with Crippen molar-refractivity contribution in [3.63, 3.8) is 0 Å². The molecule has 0 amide bonds. The number of rotatable bonds is 4. The van der Waals surface area contributed by atoms with Gasteiger partial charge in [-0.2, -0.15) is 0 Å². The van der Waals surface area contributed by atoms with Gasteiger partial charge in [0.25, 0.3) is 0 Å². The summed E-state index contributed by atoms with van der Waals surface area (Å²) in [4.78, 5) is 0. The van der Waals surface area contributed by atoms with E-state index in [0.717, 1.165) is 39.2 Å². The molecule has 0 saturated heterocycles. The van der Waals surface area contributed by atoms with Crippen LogP contribution in [0.5, 0.6) is 0 Å². The van der Waals surface area contributed by atoms with Gasteiger partial charge in [-0.3, -0.25) is 0 Å². The molecule has 1 N–H and O–H groups in total. The first-order chi connectivity index (χ1) is 4.71. The Hall–Kier alpha value is 1.32. The number of hydrogen-bond donors (Lipinski definition) is 1. The van der Waals surface area contributed by atoms with E-state index in [1.807, 2.05) is 0 Å². The Bertz CT molecular complexity index is 108. The third-order valence-corrected chi connectivity index (χ3v) is 4.82. The Balaban J connectivity index is 2.24. The molecule has 1 aliphatic rings. The average molecular weight is 268 g/mol. The quantitative estimate of drug-likeness (QED) is 0.824. The average Bonchev–Trinajstić information content (AvgIpc) is 2.64. The van der Waals surface area contributed by atoms with Crippen molar-refractivity contribution < 1.29 is 44.3 Å². The van der Waals surface area contributed by atoms with Crippen molar-refractivity contribution in [3.05, 3.63) is 0 Å². The van der Waals surface area contributed by atoms with Crippen LogP contribution in [-0.2, 0) is 0 Å². The van der Waals surface area contributed by atoms with Crippen LogP contribution >= 0.6 is 0 Å². The molecule has 0 aromatic rings. The molecule has 0 aromatic carbocycles. The molecular weight excluding hydrogens is 253 g/mol. The SMILES string of the molecule is CCCCC1([CH](O)[Pr])CC1. The van der Waals surface area contributed by atoms with Crippen LogP contribution in [0.1, 0.15) is 39.0 Å². The van der Waals surface area contributed by atoms with Crippen molar-refractivity contribution in [1.82, 2.24) is 0 Å². The van der Waals surface area contributed by atoms with Crippen molar-refractivity contribution in [2.24, 2.45) is 5.41 Å². The summed E-state index contributed by atoms with van der Waals surface area (Å²) in [5.74, 6) is 0. The standard InChI is InChI=1S/C8H15O.Pr/c1-2-3-4-8(7-9)5-6-8;/h7,9H,2-6H2,1H3;. The number of unbranched alkanes of at least 4 members (excludes halogenated alkanes) is 1. The molecule has 1 atom stereocenters. The van der Waals surface area contributed by atoms with Crippen LogP contribution in [0.4, 0.5) is 0 Å². The molecule has 1 aliphatic carbocycles. The van der Waals surface area contributed by atoms with Crippen LogP contribution in [0.3, 0.4) is 0 Å². The Labute approximate surface area is 89.5 Å². The molecule has 1 rings (SSSR count). The predicted molar refractivity (Wildman–Crippen MR) is 37.2 cm³/mol. The first-order valence-corrected chi connectivity index (χ1v) is 6.29. The first kappa shape index (κ1) is 9.41. The van der Waals surface area contributed by atoms with Gasteiger partial charge in [0.1, 0.15) is 0 Å². The Morgan fingerprint density at radius 3 is 2.50 bits per heavy atom. The molecule has 1 unspecified atom stereocenters. The zero-order chi connectivity index (χ0) is 7.61. The number of aliphatic hydroxyl groups excluding tert-OH is 1. The summed E-state index contributed by atoms with van der Waals surface area (Å²) >= 11 is 0.768. The van der Waals surface area contributed by atoms with Crippen molar-refractivity contribution in [2.45, 2.75) is 40.7 Å².